The Morgan fingerprint density at radius 3 is 2.34 bits per heavy atom. The second-order valence-corrected chi connectivity index (χ2v) is 8.65. The van der Waals surface area contributed by atoms with Crippen molar-refractivity contribution in [2.75, 3.05) is 44.6 Å². The minimum absolute atomic E-state index is 0.0450. The summed E-state index contributed by atoms with van der Waals surface area (Å²) < 4.78 is 4.83. The molecule has 3 N–H and O–H groups in total. The first-order valence-corrected chi connectivity index (χ1v) is 12.4. The number of carbonyl (C=O) groups excluding carboxylic acids is 5. The number of rotatable bonds is 8. The molecule has 2 heterocycles. The number of hydrogen-bond donors (Lipinski definition) is 3. The van der Waals surface area contributed by atoms with Gasteiger partial charge < -0.3 is 30.2 Å². The molecular formula is C27H29N5O6. The van der Waals surface area contributed by atoms with Crippen molar-refractivity contribution < 1.29 is 28.7 Å². The highest BCUT2D eigenvalue weighted by molar-refractivity contribution is 6.45. The minimum atomic E-state index is -0.671. The quantitative estimate of drug-likeness (QED) is 0.237. The number of benzene rings is 2. The first-order chi connectivity index (χ1) is 18.4. The van der Waals surface area contributed by atoms with Crippen LogP contribution in [0, 0.1) is 0 Å². The van der Waals surface area contributed by atoms with Crippen LogP contribution in [0.3, 0.4) is 0 Å². The summed E-state index contributed by atoms with van der Waals surface area (Å²) in [6.07, 6.45) is 1.49. The average molecular weight is 520 g/mol. The number of aromatic nitrogens is 1. The molecule has 2 aromatic carbocycles. The molecule has 1 aromatic heterocycles. The van der Waals surface area contributed by atoms with Gasteiger partial charge in [-0.05, 0) is 25.1 Å². The Morgan fingerprint density at radius 2 is 1.63 bits per heavy atom. The van der Waals surface area contributed by atoms with E-state index in [0.717, 1.165) is 0 Å². The number of ketones is 1. The van der Waals surface area contributed by atoms with E-state index in [9.17, 15) is 24.0 Å². The van der Waals surface area contributed by atoms with Gasteiger partial charge in [-0.3, -0.25) is 19.2 Å². The Morgan fingerprint density at radius 1 is 0.921 bits per heavy atom. The van der Waals surface area contributed by atoms with Gasteiger partial charge in [0.15, 0.2) is 0 Å². The number of carbonyl (C=O) groups is 5. The average Bonchev–Trinajstić information content (AvgIpc) is 3.38. The lowest BCUT2D eigenvalue weighted by molar-refractivity contribution is -0.142. The van der Waals surface area contributed by atoms with Crippen molar-refractivity contribution in [1.82, 2.24) is 20.1 Å². The molecule has 11 heteroatoms. The Hall–Kier alpha value is -4.67. The molecule has 0 saturated carbocycles. The molecule has 1 aliphatic heterocycles. The first-order valence-electron chi connectivity index (χ1n) is 12.4. The van der Waals surface area contributed by atoms with Crippen molar-refractivity contribution >= 4 is 46.2 Å². The highest BCUT2D eigenvalue weighted by atomic mass is 16.5. The molecule has 4 rings (SSSR count). The number of hydrogen-bond acceptors (Lipinski definition) is 6. The SMILES string of the molecule is CCOC(=O)CCNC(=O)Nc1cccc2c(C(=O)C(=O)N3CCN(C(=O)c4ccccc4)CC3)c[nH]c12. The van der Waals surface area contributed by atoms with E-state index >= 15 is 0 Å². The lowest BCUT2D eigenvalue weighted by atomic mass is 10.1. The fourth-order valence-corrected chi connectivity index (χ4v) is 4.26. The summed E-state index contributed by atoms with van der Waals surface area (Å²) in [5.74, 6) is -1.83. The summed E-state index contributed by atoms with van der Waals surface area (Å²) in [5.41, 5.74) is 1.68. The fraction of sp³-hybridized carbons (Fsp3) is 0.296. The summed E-state index contributed by atoms with van der Waals surface area (Å²) in [4.78, 5) is 68.6. The van der Waals surface area contributed by atoms with E-state index in [1.165, 1.54) is 11.1 Å². The monoisotopic (exact) mass is 519 g/mol. The molecule has 0 radical (unpaired) electrons. The summed E-state index contributed by atoms with van der Waals surface area (Å²) in [5, 5.41) is 5.76. The van der Waals surface area contributed by atoms with Gasteiger partial charge in [-0.1, -0.05) is 30.3 Å². The van der Waals surface area contributed by atoms with E-state index in [-0.39, 0.29) is 44.1 Å². The van der Waals surface area contributed by atoms with Crippen LogP contribution in [0.1, 0.15) is 34.1 Å². The third kappa shape index (κ3) is 6.00. The summed E-state index contributed by atoms with van der Waals surface area (Å²) in [7, 11) is 0. The predicted octanol–water partition coefficient (Wildman–Crippen LogP) is 2.41. The number of anilines is 1. The molecule has 0 spiro atoms. The Labute approximate surface area is 219 Å². The molecular weight excluding hydrogens is 490 g/mol. The molecule has 4 amide bonds. The number of nitrogens with one attached hydrogen (secondary N) is 3. The molecule has 3 aromatic rings. The highest BCUT2D eigenvalue weighted by Gasteiger charge is 2.30. The van der Waals surface area contributed by atoms with Gasteiger partial charge in [-0.15, -0.1) is 0 Å². The van der Waals surface area contributed by atoms with Gasteiger partial charge in [-0.2, -0.15) is 0 Å². The second-order valence-electron chi connectivity index (χ2n) is 8.65. The van der Waals surface area contributed by atoms with E-state index < -0.39 is 23.7 Å². The van der Waals surface area contributed by atoms with E-state index in [1.54, 1.807) is 54.3 Å². The van der Waals surface area contributed by atoms with Gasteiger partial charge >= 0.3 is 12.0 Å². The van der Waals surface area contributed by atoms with Crippen molar-refractivity contribution in [3.8, 4) is 0 Å². The Kier molecular flexibility index (Phi) is 8.37. The lowest BCUT2D eigenvalue weighted by Gasteiger charge is -2.34. The van der Waals surface area contributed by atoms with Gasteiger partial charge in [0.1, 0.15) is 0 Å². The normalized spacial score (nSPS) is 13.2. The zero-order chi connectivity index (χ0) is 27.1. The number of aromatic amines is 1. The number of para-hydroxylation sites is 1. The van der Waals surface area contributed by atoms with Gasteiger partial charge in [-0.25, -0.2) is 4.79 Å². The van der Waals surface area contributed by atoms with E-state index in [2.05, 4.69) is 15.6 Å². The topological polar surface area (TPSA) is 141 Å². The molecule has 0 atom stereocenters. The van der Waals surface area contributed by atoms with Crippen molar-refractivity contribution in [3.05, 3.63) is 65.9 Å². The molecule has 198 valence electrons. The number of amides is 4. The predicted molar refractivity (Wildman–Crippen MR) is 140 cm³/mol. The molecule has 38 heavy (non-hydrogen) atoms. The molecule has 0 bridgehead atoms. The van der Waals surface area contributed by atoms with E-state index in [0.29, 0.717) is 35.2 Å². The minimum Gasteiger partial charge on any atom is -0.466 e. The van der Waals surface area contributed by atoms with Gasteiger partial charge in [0, 0.05) is 49.9 Å². The summed E-state index contributed by atoms with van der Waals surface area (Å²) in [6, 6.07) is 13.4. The number of nitrogens with zero attached hydrogens (tertiary/aromatic N) is 2. The molecule has 1 saturated heterocycles. The number of Topliss-reactive ketones (excluding diaryl/α,β-unsaturated/α-hetero) is 1. The molecule has 0 unspecified atom stereocenters. The molecule has 11 nitrogen and oxygen atoms in total. The third-order valence-electron chi connectivity index (χ3n) is 6.20. The van der Waals surface area contributed by atoms with Crippen LogP contribution in [0.4, 0.5) is 10.5 Å². The van der Waals surface area contributed by atoms with Crippen molar-refractivity contribution in [3.63, 3.8) is 0 Å². The van der Waals surface area contributed by atoms with Gasteiger partial charge in [0.25, 0.3) is 17.6 Å². The maximum atomic E-state index is 13.1. The Balaban J connectivity index is 1.36. The van der Waals surface area contributed by atoms with Crippen molar-refractivity contribution in [1.29, 1.82) is 0 Å². The lowest BCUT2D eigenvalue weighted by Crippen LogP contribution is -2.52. The van der Waals surface area contributed by atoms with Crippen LogP contribution < -0.4 is 10.6 Å². The Bertz CT molecular complexity index is 1340. The van der Waals surface area contributed by atoms with Crippen molar-refractivity contribution in [2.45, 2.75) is 13.3 Å². The van der Waals surface area contributed by atoms with Crippen LogP contribution in [0.15, 0.2) is 54.7 Å². The van der Waals surface area contributed by atoms with Crippen LogP contribution >= 0.6 is 0 Å². The maximum absolute atomic E-state index is 13.1. The zero-order valence-electron chi connectivity index (χ0n) is 21.0. The molecule has 1 fully saturated rings. The van der Waals surface area contributed by atoms with Crippen LogP contribution in [-0.4, -0.2) is 83.7 Å². The van der Waals surface area contributed by atoms with Crippen LogP contribution in [-0.2, 0) is 14.3 Å². The number of urea groups is 1. The smallest absolute Gasteiger partial charge is 0.319 e. The van der Waals surface area contributed by atoms with Crippen LogP contribution in [0.5, 0.6) is 0 Å². The van der Waals surface area contributed by atoms with Gasteiger partial charge in [0.05, 0.1) is 29.8 Å². The number of H-pyrrole nitrogens is 1. The largest absolute Gasteiger partial charge is 0.466 e. The zero-order valence-corrected chi connectivity index (χ0v) is 21.0. The summed E-state index contributed by atoms with van der Waals surface area (Å²) >= 11 is 0. The molecule has 1 aliphatic rings. The van der Waals surface area contributed by atoms with Crippen LogP contribution in [0.2, 0.25) is 0 Å². The van der Waals surface area contributed by atoms with E-state index in [4.69, 9.17) is 4.74 Å². The summed E-state index contributed by atoms with van der Waals surface area (Å²) in [6.45, 7) is 3.26. The fourth-order valence-electron chi connectivity index (χ4n) is 4.26. The standard InChI is InChI=1S/C27H29N5O6/c1-2-38-22(33)11-12-28-27(37)30-21-10-6-9-19-20(17-29-23(19)21)24(34)26(36)32-15-13-31(14-16-32)25(35)18-7-4-3-5-8-18/h3-10,17,29H,2,11-16H2,1H3,(H2,28,30,37). The number of ether oxygens (including phenoxy) is 1. The second kappa shape index (κ2) is 12.0. The number of piperazine rings is 1. The van der Waals surface area contributed by atoms with Gasteiger partial charge in [0.2, 0.25) is 0 Å². The van der Waals surface area contributed by atoms with Crippen LogP contribution in [0.25, 0.3) is 10.9 Å². The molecule has 0 aliphatic carbocycles. The number of esters is 1. The highest BCUT2D eigenvalue weighted by Crippen LogP contribution is 2.26. The maximum Gasteiger partial charge on any atom is 0.319 e. The van der Waals surface area contributed by atoms with Crippen molar-refractivity contribution in [2.24, 2.45) is 0 Å². The van der Waals surface area contributed by atoms with E-state index in [1.807, 2.05) is 6.07 Å². The third-order valence-corrected chi connectivity index (χ3v) is 6.20. The first kappa shape index (κ1) is 26.4. The number of fused-ring (bicyclic) bond motifs is 1.